The first-order chi connectivity index (χ1) is 11.6. The lowest BCUT2D eigenvalue weighted by Crippen LogP contribution is -2.50. The zero-order chi connectivity index (χ0) is 17.0. The number of rotatable bonds is 4. The van der Waals surface area contributed by atoms with Gasteiger partial charge in [0.2, 0.25) is 5.91 Å². The molecule has 5 nitrogen and oxygen atoms in total. The number of amides is 1. The van der Waals surface area contributed by atoms with Crippen LogP contribution in [0.3, 0.4) is 0 Å². The number of aliphatic hydroxyl groups is 1. The molecule has 1 N–H and O–H groups in total. The summed E-state index contributed by atoms with van der Waals surface area (Å²) in [7, 11) is 0. The highest BCUT2D eigenvalue weighted by Gasteiger charge is 2.30. The molecule has 1 aliphatic heterocycles. The molecule has 24 heavy (non-hydrogen) atoms. The monoisotopic (exact) mass is 325 g/mol. The SMILES string of the molecule is CC(O)(CC(=O)N1CCN(c2ccccn2)CC1)c1ccccc1. The standard InChI is InChI=1S/C19H23N3O2/c1-19(24,16-7-3-2-4-8-16)15-18(23)22-13-11-21(12-14-22)17-9-5-6-10-20-17/h2-10,24H,11-15H2,1H3. The molecule has 2 aromatic rings. The smallest absolute Gasteiger partial charge is 0.225 e. The van der Waals surface area contributed by atoms with Crippen LogP contribution in [0.2, 0.25) is 0 Å². The molecule has 1 amide bonds. The van der Waals surface area contributed by atoms with Crippen LogP contribution in [0.25, 0.3) is 0 Å². The van der Waals surface area contributed by atoms with Crippen LogP contribution in [-0.2, 0) is 10.4 Å². The van der Waals surface area contributed by atoms with Gasteiger partial charge in [-0.3, -0.25) is 4.79 Å². The normalized spacial score (nSPS) is 17.4. The number of aromatic nitrogens is 1. The summed E-state index contributed by atoms with van der Waals surface area (Å²) < 4.78 is 0. The zero-order valence-electron chi connectivity index (χ0n) is 13.9. The molecule has 5 heteroatoms. The fourth-order valence-corrected chi connectivity index (χ4v) is 3.03. The minimum absolute atomic E-state index is 0.00970. The van der Waals surface area contributed by atoms with Crippen LogP contribution in [0, 0.1) is 0 Å². The van der Waals surface area contributed by atoms with Crippen LogP contribution in [0.15, 0.2) is 54.7 Å². The summed E-state index contributed by atoms with van der Waals surface area (Å²) in [5, 5.41) is 10.6. The third-order valence-corrected chi connectivity index (χ3v) is 4.50. The lowest BCUT2D eigenvalue weighted by atomic mass is 9.92. The Labute approximate surface area is 142 Å². The third kappa shape index (κ3) is 3.74. The highest BCUT2D eigenvalue weighted by molar-refractivity contribution is 5.77. The molecule has 1 aliphatic rings. The largest absolute Gasteiger partial charge is 0.385 e. The van der Waals surface area contributed by atoms with E-state index in [9.17, 15) is 9.90 Å². The van der Waals surface area contributed by atoms with Crippen molar-refractivity contribution >= 4 is 11.7 Å². The Morgan fingerprint density at radius 2 is 1.75 bits per heavy atom. The van der Waals surface area contributed by atoms with Gasteiger partial charge in [-0.15, -0.1) is 0 Å². The van der Waals surface area contributed by atoms with Gasteiger partial charge in [0.25, 0.3) is 0 Å². The van der Waals surface area contributed by atoms with Crippen molar-refractivity contribution in [3.8, 4) is 0 Å². The van der Waals surface area contributed by atoms with Crippen LogP contribution in [0.4, 0.5) is 5.82 Å². The van der Waals surface area contributed by atoms with Crippen molar-refractivity contribution in [3.05, 3.63) is 60.3 Å². The molecule has 0 spiro atoms. The highest BCUT2D eigenvalue weighted by Crippen LogP contribution is 2.25. The average molecular weight is 325 g/mol. The van der Waals surface area contributed by atoms with E-state index in [1.165, 1.54) is 0 Å². The molecule has 0 bridgehead atoms. The molecule has 2 heterocycles. The second-order valence-corrected chi connectivity index (χ2v) is 6.37. The van der Waals surface area contributed by atoms with Crippen LogP contribution in [0.5, 0.6) is 0 Å². The van der Waals surface area contributed by atoms with E-state index in [0.29, 0.717) is 13.1 Å². The van der Waals surface area contributed by atoms with Gasteiger partial charge in [0, 0.05) is 32.4 Å². The van der Waals surface area contributed by atoms with Crippen LogP contribution in [0.1, 0.15) is 18.9 Å². The number of pyridine rings is 1. The van der Waals surface area contributed by atoms with Crippen molar-refractivity contribution < 1.29 is 9.90 Å². The highest BCUT2D eigenvalue weighted by atomic mass is 16.3. The molecular formula is C19H23N3O2. The summed E-state index contributed by atoms with van der Waals surface area (Å²) in [5.74, 6) is 0.936. The van der Waals surface area contributed by atoms with Gasteiger partial charge >= 0.3 is 0 Å². The molecule has 0 saturated carbocycles. The van der Waals surface area contributed by atoms with Crippen molar-refractivity contribution in [2.75, 3.05) is 31.1 Å². The van der Waals surface area contributed by atoms with E-state index >= 15 is 0 Å². The van der Waals surface area contributed by atoms with E-state index in [-0.39, 0.29) is 12.3 Å². The number of hydrogen-bond acceptors (Lipinski definition) is 4. The van der Waals surface area contributed by atoms with E-state index in [2.05, 4.69) is 9.88 Å². The van der Waals surface area contributed by atoms with Crippen molar-refractivity contribution in [1.29, 1.82) is 0 Å². The van der Waals surface area contributed by atoms with Crippen LogP contribution >= 0.6 is 0 Å². The first-order valence-electron chi connectivity index (χ1n) is 8.28. The predicted molar refractivity (Wildman–Crippen MR) is 93.7 cm³/mol. The first-order valence-corrected chi connectivity index (χ1v) is 8.28. The predicted octanol–water partition coefficient (Wildman–Crippen LogP) is 2.03. The number of carbonyl (C=O) groups excluding carboxylic acids is 1. The average Bonchev–Trinajstić information content (AvgIpc) is 2.63. The topological polar surface area (TPSA) is 56.7 Å². The van der Waals surface area contributed by atoms with Gasteiger partial charge < -0.3 is 14.9 Å². The van der Waals surface area contributed by atoms with E-state index in [0.717, 1.165) is 24.5 Å². The van der Waals surface area contributed by atoms with Gasteiger partial charge in [-0.05, 0) is 24.6 Å². The number of anilines is 1. The second-order valence-electron chi connectivity index (χ2n) is 6.37. The molecule has 1 fully saturated rings. The van der Waals surface area contributed by atoms with Crippen molar-refractivity contribution in [1.82, 2.24) is 9.88 Å². The zero-order valence-corrected chi connectivity index (χ0v) is 13.9. The summed E-state index contributed by atoms with van der Waals surface area (Å²) >= 11 is 0. The summed E-state index contributed by atoms with van der Waals surface area (Å²) in [5.41, 5.74) is -0.373. The molecule has 1 aromatic heterocycles. The molecule has 1 unspecified atom stereocenters. The lowest BCUT2D eigenvalue weighted by Gasteiger charge is -2.36. The maximum atomic E-state index is 12.6. The Morgan fingerprint density at radius 3 is 2.38 bits per heavy atom. The second kappa shape index (κ2) is 7.01. The fraction of sp³-hybridized carbons (Fsp3) is 0.368. The Balaban J connectivity index is 1.57. The van der Waals surface area contributed by atoms with Crippen LogP contribution < -0.4 is 4.90 Å². The van der Waals surface area contributed by atoms with Gasteiger partial charge in [-0.1, -0.05) is 36.4 Å². The number of nitrogens with zero attached hydrogens (tertiary/aromatic N) is 3. The quantitative estimate of drug-likeness (QED) is 0.934. The number of benzene rings is 1. The minimum atomic E-state index is -1.14. The van der Waals surface area contributed by atoms with Gasteiger partial charge in [-0.2, -0.15) is 0 Å². The number of hydrogen-bond donors (Lipinski definition) is 1. The van der Waals surface area contributed by atoms with Gasteiger partial charge in [0.1, 0.15) is 5.82 Å². The molecule has 0 radical (unpaired) electrons. The molecular weight excluding hydrogens is 302 g/mol. The molecule has 1 aromatic carbocycles. The summed E-state index contributed by atoms with van der Waals surface area (Å²) in [6, 6.07) is 15.2. The molecule has 0 aliphatic carbocycles. The summed E-state index contributed by atoms with van der Waals surface area (Å²) in [6.07, 6.45) is 1.88. The van der Waals surface area contributed by atoms with Gasteiger partial charge in [0.05, 0.1) is 12.0 Å². The molecule has 3 rings (SSSR count). The third-order valence-electron chi connectivity index (χ3n) is 4.50. The fourth-order valence-electron chi connectivity index (χ4n) is 3.03. The Kier molecular flexibility index (Phi) is 4.81. The van der Waals surface area contributed by atoms with Crippen molar-refractivity contribution in [2.24, 2.45) is 0 Å². The van der Waals surface area contributed by atoms with Crippen LogP contribution in [-0.4, -0.2) is 47.1 Å². The van der Waals surface area contributed by atoms with E-state index in [1.807, 2.05) is 53.4 Å². The van der Waals surface area contributed by atoms with Crippen molar-refractivity contribution in [3.63, 3.8) is 0 Å². The number of piperazine rings is 1. The maximum absolute atomic E-state index is 12.6. The van der Waals surface area contributed by atoms with E-state index < -0.39 is 5.60 Å². The van der Waals surface area contributed by atoms with Gasteiger partial charge in [-0.25, -0.2) is 4.98 Å². The van der Waals surface area contributed by atoms with E-state index in [4.69, 9.17) is 0 Å². The molecule has 1 atom stereocenters. The Bertz CT molecular complexity index is 666. The van der Waals surface area contributed by atoms with Crippen molar-refractivity contribution in [2.45, 2.75) is 18.9 Å². The lowest BCUT2D eigenvalue weighted by molar-refractivity contribution is -0.136. The number of carbonyl (C=O) groups is 1. The summed E-state index contributed by atoms with van der Waals surface area (Å²) in [6.45, 7) is 4.53. The Hall–Kier alpha value is -2.40. The van der Waals surface area contributed by atoms with Gasteiger partial charge in [0.15, 0.2) is 0 Å². The summed E-state index contributed by atoms with van der Waals surface area (Å²) in [4.78, 5) is 20.9. The molecule has 126 valence electrons. The maximum Gasteiger partial charge on any atom is 0.225 e. The minimum Gasteiger partial charge on any atom is -0.385 e. The van der Waals surface area contributed by atoms with E-state index in [1.54, 1.807) is 13.1 Å². The molecule has 1 saturated heterocycles. The first kappa shape index (κ1) is 16.5. The Morgan fingerprint density at radius 1 is 1.08 bits per heavy atom.